The maximum Gasteiger partial charge on any atom is 0.128 e. The normalized spacial score (nSPS) is 11.7. The standard InChI is InChI=1S/C13H22N2O4/c1-9-4-14-11(10(2)12(9)19-3)5-15-13(6-16,7-17)8-18/h4,15-18H,5-8H2,1-3H3. The molecule has 4 N–H and O–H groups in total. The average Bonchev–Trinajstić information content (AvgIpc) is 2.43. The zero-order valence-electron chi connectivity index (χ0n) is 11.6. The molecule has 0 aromatic carbocycles. The van der Waals surface area contributed by atoms with Gasteiger partial charge >= 0.3 is 0 Å². The van der Waals surface area contributed by atoms with Crippen LogP contribution in [0.2, 0.25) is 0 Å². The van der Waals surface area contributed by atoms with Crippen LogP contribution in [0, 0.1) is 13.8 Å². The van der Waals surface area contributed by atoms with Crippen molar-refractivity contribution in [3.8, 4) is 5.75 Å². The number of aliphatic hydroxyl groups is 3. The van der Waals surface area contributed by atoms with E-state index >= 15 is 0 Å². The first-order valence-electron chi connectivity index (χ1n) is 6.10. The Hall–Kier alpha value is -1.21. The quantitative estimate of drug-likeness (QED) is 0.534. The summed E-state index contributed by atoms with van der Waals surface area (Å²) in [6.45, 7) is 3.06. The number of nitrogens with zero attached hydrogens (tertiary/aromatic N) is 1. The van der Waals surface area contributed by atoms with Crippen LogP contribution in [0.4, 0.5) is 0 Å². The van der Waals surface area contributed by atoms with Gasteiger partial charge in [-0.1, -0.05) is 0 Å². The van der Waals surface area contributed by atoms with Crippen LogP contribution in [-0.2, 0) is 6.54 Å². The predicted octanol–water partition coefficient (Wildman–Crippen LogP) is -0.488. The molecular weight excluding hydrogens is 248 g/mol. The lowest BCUT2D eigenvalue weighted by molar-refractivity contribution is 0.0411. The summed E-state index contributed by atoms with van der Waals surface area (Å²) >= 11 is 0. The second-order valence-electron chi connectivity index (χ2n) is 4.65. The average molecular weight is 270 g/mol. The highest BCUT2D eigenvalue weighted by Gasteiger charge is 2.27. The molecule has 0 saturated heterocycles. The molecule has 0 spiro atoms. The molecule has 1 aromatic heterocycles. The highest BCUT2D eigenvalue weighted by Crippen LogP contribution is 2.24. The molecule has 0 unspecified atom stereocenters. The number of aromatic nitrogens is 1. The zero-order valence-corrected chi connectivity index (χ0v) is 11.6. The van der Waals surface area contributed by atoms with Crippen molar-refractivity contribution in [2.24, 2.45) is 0 Å². The van der Waals surface area contributed by atoms with Gasteiger partial charge in [0.25, 0.3) is 0 Å². The smallest absolute Gasteiger partial charge is 0.128 e. The molecule has 0 saturated carbocycles. The van der Waals surface area contributed by atoms with Gasteiger partial charge in [0, 0.05) is 23.9 Å². The Morgan fingerprint density at radius 3 is 2.26 bits per heavy atom. The van der Waals surface area contributed by atoms with Gasteiger partial charge in [0.05, 0.1) is 38.2 Å². The third-order valence-electron chi connectivity index (χ3n) is 3.29. The number of methoxy groups -OCH3 is 1. The van der Waals surface area contributed by atoms with E-state index in [1.807, 2.05) is 13.8 Å². The molecule has 0 aliphatic rings. The third-order valence-corrected chi connectivity index (χ3v) is 3.29. The van der Waals surface area contributed by atoms with E-state index in [9.17, 15) is 15.3 Å². The molecule has 1 aromatic rings. The van der Waals surface area contributed by atoms with Crippen LogP contribution in [0.15, 0.2) is 6.20 Å². The van der Waals surface area contributed by atoms with E-state index in [-0.39, 0.29) is 19.8 Å². The zero-order chi connectivity index (χ0) is 14.5. The molecule has 0 aliphatic carbocycles. The SMILES string of the molecule is COc1c(C)cnc(CNC(CO)(CO)CO)c1C. The second kappa shape index (κ2) is 6.81. The van der Waals surface area contributed by atoms with E-state index in [0.29, 0.717) is 6.54 Å². The molecule has 0 bridgehead atoms. The van der Waals surface area contributed by atoms with E-state index in [2.05, 4.69) is 10.3 Å². The molecule has 6 nitrogen and oxygen atoms in total. The van der Waals surface area contributed by atoms with Gasteiger partial charge in [0.1, 0.15) is 5.75 Å². The van der Waals surface area contributed by atoms with Crippen LogP contribution in [-0.4, -0.2) is 52.8 Å². The fourth-order valence-electron chi connectivity index (χ4n) is 1.84. The number of hydrogen-bond acceptors (Lipinski definition) is 6. The Morgan fingerprint density at radius 2 is 1.79 bits per heavy atom. The number of ether oxygens (including phenoxy) is 1. The summed E-state index contributed by atoms with van der Waals surface area (Å²) in [4.78, 5) is 4.30. The highest BCUT2D eigenvalue weighted by atomic mass is 16.5. The number of aliphatic hydroxyl groups excluding tert-OH is 3. The number of rotatable bonds is 7. The summed E-state index contributed by atoms with van der Waals surface area (Å²) < 4.78 is 5.31. The van der Waals surface area contributed by atoms with Gasteiger partial charge < -0.3 is 20.1 Å². The largest absolute Gasteiger partial charge is 0.496 e. The Balaban J connectivity index is 2.89. The second-order valence-corrected chi connectivity index (χ2v) is 4.65. The van der Waals surface area contributed by atoms with Crippen molar-refractivity contribution in [2.75, 3.05) is 26.9 Å². The first-order chi connectivity index (χ1) is 9.03. The van der Waals surface area contributed by atoms with E-state index in [1.165, 1.54) is 0 Å². The summed E-state index contributed by atoms with van der Waals surface area (Å²) in [5.74, 6) is 0.773. The van der Waals surface area contributed by atoms with Crippen molar-refractivity contribution in [3.63, 3.8) is 0 Å². The van der Waals surface area contributed by atoms with Crippen LogP contribution < -0.4 is 10.1 Å². The molecule has 6 heteroatoms. The lowest BCUT2D eigenvalue weighted by Gasteiger charge is -2.29. The van der Waals surface area contributed by atoms with Crippen molar-refractivity contribution < 1.29 is 20.1 Å². The van der Waals surface area contributed by atoms with Crippen molar-refractivity contribution in [2.45, 2.75) is 25.9 Å². The number of hydrogen-bond donors (Lipinski definition) is 4. The molecule has 0 radical (unpaired) electrons. The van der Waals surface area contributed by atoms with Gasteiger partial charge in [-0.05, 0) is 13.8 Å². The molecule has 19 heavy (non-hydrogen) atoms. The summed E-state index contributed by atoms with van der Waals surface area (Å²) in [5.41, 5.74) is 1.49. The third kappa shape index (κ3) is 3.42. The topological polar surface area (TPSA) is 94.8 Å². The monoisotopic (exact) mass is 270 g/mol. The summed E-state index contributed by atoms with van der Waals surface area (Å²) in [6.07, 6.45) is 1.71. The van der Waals surface area contributed by atoms with Crippen LogP contribution >= 0.6 is 0 Å². The van der Waals surface area contributed by atoms with E-state index < -0.39 is 5.54 Å². The maximum atomic E-state index is 9.24. The van der Waals surface area contributed by atoms with Crippen LogP contribution in [0.3, 0.4) is 0 Å². The molecule has 0 atom stereocenters. The minimum absolute atomic E-state index is 0.324. The molecule has 1 rings (SSSR count). The Labute approximate surface area is 113 Å². The van der Waals surface area contributed by atoms with Gasteiger partial charge in [-0.25, -0.2) is 0 Å². The molecule has 1 heterocycles. The van der Waals surface area contributed by atoms with Crippen LogP contribution in [0.25, 0.3) is 0 Å². The van der Waals surface area contributed by atoms with Gasteiger partial charge in [-0.3, -0.25) is 10.3 Å². The predicted molar refractivity (Wildman–Crippen MR) is 71.1 cm³/mol. The van der Waals surface area contributed by atoms with Crippen molar-refractivity contribution in [1.29, 1.82) is 0 Å². The fourth-order valence-corrected chi connectivity index (χ4v) is 1.84. The van der Waals surface area contributed by atoms with Crippen LogP contribution in [0.5, 0.6) is 5.75 Å². The number of nitrogens with one attached hydrogen (secondary N) is 1. The molecule has 0 fully saturated rings. The summed E-state index contributed by atoms with van der Waals surface area (Å²) in [7, 11) is 1.60. The molecule has 108 valence electrons. The van der Waals surface area contributed by atoms with Crippen molar-refractivity contribution in [3.05, 3.63) is 23.0 Å². The van der Waals surface area contributed by atoms with Gasteiger partial charge in [-0.15, -0.1) is 0 Å². The lowest BCUT2D eigenvalue weighted by atomic mass is 10.0. The van der Waals surface area contributed by atoms with Gasteiger partial charge in [0.15, 0.2) is 0 Å². The highest BCUT2D eigenvalue weighted by molar-refractivity contribution is 5.41. The van der Waals surface area contributed by atoms with E-state index in [0.717, 1.165) is 22.6 Å². The number of pyridine rings is 1. The summed E-state index contributed by atoms with van der Waals surface area (Å²) in [6, 6.07) is 0. The Morgan fingerprint density at radius 1 is 1.21 bits per heavy atom. The summed E-state index contributed by atoms with van der Waals surface area (Å²) in [5, 5.41) is 30.7. The first kappa shape index (κ1) is 15.8. The van der Waals surface area contributed by atoms with Crippen LogP contribution in [0.1, 0.15) is 16.8 Å². The lowest BCUT2D eigenvalue weighted by Crippen LogP contribution is -2.54. The molecule has 0 amide bonds. The van der Waals surface area contributed by atoms with Crippen molar-refractivity contribution >= 4 is 0 Å². The Bertz CT molecular complexity index is 411. The number of aryl methyl sites for hydroxylation is 1. The molecular formula is C13H22N2O4. The Kier molecular flexibility index (Phi) is 5.68. The van der Waals surface area contributed by atoms with E-state index in [1.54, 1.807) is 13.3 Å². The minimum atomic E-state index is -1.10. The minimum Gasteiger partial charge on any atom is -0.496 e. The fraction of sp³-hybridized carbons (Fsp3) is 0.615. The maximum absolute atomic E-state index is 9.24. The molecule has 0 aliphatic heterocycles. The van der Waals surface area contributed by atoms with Gasteiger partial charge in [0.2, 0.25) is 0 Å². The van der Waals surface area contributed by atoms with Gasteiger partial charge in [-0.2, -0.15) is 0 Å². The first-order valence-corrected chi connectivity index (χ1v) is 6.10. The van der Waals surface area contributed by atoms with E-state index in [4.69, 9.17) is 4.74 Å². The van der Waals surface area contributed by atoms with Crippen molar-refractivity contribution in [1.82, 2.24) is 10.3 Å².